The molecule has 1 fully saturated rings. The minimum Gasteiger partial charge on any atom is -0.485 e. The first-order chi connectivity index (χ1) is 18.6. The Kier molecular flexibility index (Phi) is 7.74. The molecule has 0 aliphatic heterocycles. The summed E-state index contributed by atoms with van der Waals surface area (Å²) in [6.45, 7) is 0.421. The van der Waals surface area contributed by atoms with Crippen LogP contribution in [0.2, 0.25) is 0 Å². The van der Waals surface area contributed by atoms with Gasteiger partial charge in [-0.1, -0.05) is 84.9 Å². The molecule has 1 saturated carbocycles. The van der Waals surface area contributed by atoms with E-state index in [1.54, 1.807) is 36.4 Å². The Labute approximate surface area is 220 Å². The van der Waals surface area contributed by atoms with Crippen molar-refractivity contribution in [2.24, 2.45) is 0 Å². The van der Waals surface area contributed by atoms with Crippen molar-refractivity contribution in [2.75, 3.05) is 0 Å². The summed E-state index contributed by atoms with van der Waals surface area (Å²) in [6, 6.07) is 28.3. The average molecular weight is 509 g/mol. The molecule has 0 amide bonds. The fraction of sp³-hybridized carbons (Fsp3) is 0.121. The highest BCUT2D eigenvalue weighted by Crippen LogP contribution is 2.34. The molecule has 0 unspecified atom stereocenters. The van der Waals surface area contributed by atoms with E-state index in [0.29, 0.717) is 35.1 Å². The van der Waals surface area contributed by atoms with Gasteiger partial charge >= 0.3 is 0 Å². The number of Topliss-reactive ketones (excluding diaryl/α,β-unsaturated/α-hetero) is 1. The van der Waals surface area contributed by atoms with Gasteiger partial charge in [0, 0.05) is 22.3 Å². The van der Waals surface area contributed by atoms with E-state index in [2.05, 4.69) is 0 Å². The molecule has 0 heterocycles. The molecule has 0 atom stereocenters. The Hall–Kier alpha value is -4.51. The lowest BCUT2D eigenvalue weighted by Crippen LogP contribution is -2.01. The molecule has 38 heavy (non-hydrogen) atoms. The zero-order valence-corrected chi connectivity index (χ0v) is 20.7. The van der Waals surface area contributed by atoms with Crippen molar-refractivity contribution >= 4 is 17.9 Å². The lowest BCUT2D eigenvalue weighted by atomic mass is 10.1. The number of para-hydroxylation sites is 2. The predicted octanol–water partition coefficient (Wildman–Crippen LogP) is 7.95. The highest BCUT2D eigenvalue weighted by Gasteiger charge is 2.24. The second kappa shape index (κ2) is 11.7. The second-order valence-corrected chi connectivity index (χ2v) is 9.03. The minimum absolute atomic E-state index is 0.107. The third-order valence-corrected chi connectivity index (χ3v) is 6.35. The van der Waals surface area contributed by atoms with Gasteiger partial charge in [-0.2, -0.15) is 0 Å². The number of hydrogen-bond acceptors (Lipinski definition) is 3. The Balaban J connectivity index is 1.37. The average Bonchev–Trinajstić information content (AvgIpc) is 3.27. The normalized spacial score (nSPS) is 15.3. The zero-order valence-electron chi connectivity index (χ0n) is 20.7. The summed E-state index contributed by atoms with van der Waals surface area (Å²) in [5, 5.41) is 0. The molecular weight excluding hydrogens is 482 g/mol. The number of ketones is 1. The molecule has 0 saturated heterocycles. The van der Waals surface area contributed by atoms with Gasteiger partial charge < -0.3 is 9.47 Å². The number of halogens is 2. The SMILES string of the molecule is O=C1C(=Cc2cccc(F)c2OCc2ccccc2)CCC1=Cc1cccc(F)c1OCc1ccccc1. The van der Waals surface area contributed by atoms with Crippen LogP contribution in [0.3, 0.4) is 0 Å². The van der Waals surface area contributed by atoms with Gasteiger partial charge in [0.1, 0.15) is 13.2 Å². The number of ether oxygens (including phenoxy) is 2. The van der Waals surface area contributed by atoms with Crippen molar-refractivity contribution < 1.29 is 23.0 Å². The highest BCUT2D eigenvalue weighted by atomic mass is 19.1. The lowest BCUT2D eigenvalue weighted by Gasteiger charge is -2.11. The molecule has 0 aromatic heterocycles. The fourth-order valence-electron chi connectivity index (χ4n) is 4.40. The van der Waals surface area contributed by atoms with Gasteiger partial charge in [-0.05, 0) is 48.3 Å². The Morgan fingerprint density at radius 1 is 0.579 bits per heavy atom. The summed E-state index contributed by atoms with van der Waals surface area (Å²) in [6.07, 6.45) is 4.36. The van der Waals surface area contributed by atoms with Gasteiger partial charge in [0.15, 0.2) is 28.9 Å². The van der Waals surface area contributed by atoms with Crippen molar-refractivity contribution in [3.63, 3.8) is 0 Å². The molecule has 0 N–H and O–H groups in total. The monoisotopic (exact) mass is 508 g/mol. The zero-order chi connectivity index (χ0) is 26.3. The third-order valence-electron chi connectivity index (χ3n) is 6.35. The van der Waals surface area contributed by atoms with Crippen LogP contribution in [0.1, 0.15) is 35.1 Å². The first-order valence-corrected chi connectivity index (χ1v) is 12.4. The van der Waals surface area contributed by atoms with E-state index in [0.717, 1.165) is 11.1 Å². The maximum Gasteiger partial charge on any atom is 0.185 e. The van der Waals surface area contributed by atoms with Gasteiger partial charge in [-0.15, -0.1) is 0 Å². The van der Waals surface area contributed by atoms with Crippen molar-refractivity contribution in [3.8, 4) is 11.5 Å². The van der Waals surface area contributed by atoms with Gasteiger partial charge in [-0.3, -0.25) is 4.79 Å². The van der Waals surface area contributed by atoms with Gasteiger partial charge in [0.25, 0.3) is 0 Å². The van der Waals surface area contributed by atoms with E-state index >= 15 is 0 Å². The summed E-state index contributed by atoms with van der Waals surface area (Å²) in [4.78, 5) is 13.3. The van der Waals surface area contributed by atoms with Crippen LogP contribution in [0.15, 0.2) is 108 Å². The van der Waals surface area contributed by atoms with Crippen molar-refractivity contribution in [3.05, 3.63) is 142 Å². The summed E-state index contributed by atoms with van der Waals surface area (Å²) >= 11 is 0. The van der Waals surface area contributed by atoms with Crippen LogP contribution in [0.4, 0.5) is 8.78 Å². The van der Waals surface area contributed by atoms with Crippen LogP contribution >= 0.6 is 0 Å². The molecule has 1 aliphatic carbocycles. The van der Waals surface area contributed by atoms with Gasteiger partial charge in [0.2, 0.25) is 0 Å². The Morgan fingerprint density at radius 3 is 1.42 bits per heavy atom. The topological polar surface area (TPSA) is 35.5 Å². The third kappa shape index (κ3) is 5.89. The Bertz CT molecular complexity index is 1380. The number of hydrogen-bond donors (Lipinski definition) is 0. The first-order valence-electron chi connectivity index (χ1n) is 12.4. The van der Waals surface area contributed by atoms with Crippen molar-refractivity contribution in [1.82, 2.24) is 0 Å². The van der Waals surface area contributed by atoms with E-state index in [9.17, 15) is 13.6 Å². The summed E-state index contributed by atoms with van der Waals surface area (Å²) in [7, 11) is 0. The molecule has 5 rings (SSSR count). The van der Waals surface area contributed by atoms with E-state index in [1.807, 2.05) is 60.7 Å². The van der Waals surface area contributed by atoms with Gasteiger partial charge in [0.05, 0.1) is 0 Å². The predicted molar refractivity (Wildman–Crippen MR) is 145 cm³/mol. The van der Waals surface area contributed by atoms with Crippen molar-refractivity contribution in [2.45, 2.75) is 26.1 Å². The molecule has 3 nitrogen and oxygen atoms in total. The highest BCUT2D eigenvalue weighted by molar-refractivity contribution is 6.15. The maximum absolute atomic E-state index is 14.7. The van der Waals surface area contributed by atoms with Crippen LogP contribution in [-0.4, -0.2) is 5.78 Å². The Morgan fingerprint density at radius 2 is 1.00 bits per heavy atom. The molecule has 190 valence electrons. The standard InChI is InChI=1S/C33H26F2O3/c34-29-15-7-13-27(32(29)37-21-23-9-3-1-4-10-23)19-25-17-18-26(31(25)36)20-28-14-8-16-30(35)33(28)38-22-24-11-5-2-6-12-24/h1-16,19-20H,17-18,21-22H2. The molecule has 0 bridgehead atoms. The molecule has 0 radical (unpaired) electrons. The molecule has 1 aliphatic rings. The number of benzene rings is 4. The molecular formula is C33H26F2O3. The van der Waals surface area contributed by atoms with E-state index in [4.69, 9.17) is 9.47 Å². The first kappa shape index (κ1) is 25.2. The molecule has 5 heteroatoms. The van der Waals surface area contributed by atoms with Gasteiger partial charge in [-0.25, -0.2) is 8.78 Å². The van der Waals surface area contributed by atoms with E-state index in [-0.39, 0.29) is 30.5 Å². The molecule has 4 aromatic carbocycles. The van der Waals surface area contributed by atoms with E-state index < -0.39 is 11.6 Å². The van der Waals surface area contributed by atoms with Crippen LogP contribution in [0.25, 0.3) is 12.2 Å². The van der Waals surface area contributed by atoms with Crippen LogP contribution in [0.5, 0.6) is 11.5 Å². The number of rotatable bonds is 8. The van der Waals surface area contributed by atoms with E-state index in [1.165, 1.54) is 12.1 Å². The number of carbonyl (C=O) groups is 1. The fourth-order valence-corrected chi connectivity index (χ4v) is 4.40. The summed E-state index contributed by atoms with van der Waals surface area (Å²) < 4.78 is 41.0. The smallest absolute Gasteiger partial charge is 0.185 e. The molecule has 4 aromatic rings. The maximum atomic E-state index is 14.7. The largest absolute Gasteiger partial charge is 0.485 e. The quantitative estimate of drug-likeness (QED) is 0.227. The van der Waals surface area contributed by atoms with Crippen LogP contribution in [-0.2, 0) is 18.0 Å². The van der Waals surface area contributed by atoms with Crippen LogP contribution in [0, 0.1) is 11.6 Å². The van der Waals surface area contributed by atoms with Crippen molar-refractivity contribution in [1.29, 1.82) is 0 Å². The number of carbonyl (C=O) groups excluding carboxylic acids is 1. The summed E-state index contributed by atoms with van der Waals surface area (Å²) in [5.74, 6) is -0.916. The lowest BCUT2D eigenvalue weighted by molar-refractivity contribution is -0.111. The number of allylic oxidation sites excluding steroid dienone is 2. The minimum atomic E-state index is -0.489. The van der Waals surface area contributed by atoms with Crippen LogP contribution < -0.4 is 9.47 Å². The summed E-state index contributed by atoms with van der Waals surface area (Å²) in [5.41, 5.74) is 3.93. The molecule has 0 spiro atoms. The second-order valence-electron chi connectivity index (χ2n) is 9.03.